The van der Waals surface area contributed by atoms with E-state index >= 15 is 0 Å². The highest BCUT2D eigenvalue weighted by Crippen LogP contribution is 2.25. The van der Waals surface area contributed by atoms with Gasteiger partial charge in [0, 0.05) is 5.56 Å². The summed E-state index contributed by atoms with van der Waals surface area (Å²) in [5.74, 6) is -0.149. The second-order valence-corrected chi connectivity index (χ2v) is 6.30. The Balaban J connectivity index is 2.17. The van der Waals surface area contributed by atoms with Crippen molar-refractivity contribution in [2.24, 2.45) is 0 Å². The van der Waals surface area contributed by atoms with Gasteiger partial charge in [-0.2, -0.15) is 0 Å². The normalized spacial score (nSPS) is 11.2. The molecule has 3 nitrogen and oxygen atoms in total. The number of phenols is 1. The van der Waals surface area contributed by atoms with Crippen molar-refractivity contribution in [1.82, 2.24) is 0 Å². The highest BCUT2D eigenvalue weighted by molar-refractivity contribution is 6.05. The van der Waals surface area contributed by atoms with E-state index in [1.807, 2.05) is 25.1 Å². The minimum absolute atomic E-state index is 0.0598. The summed E-state index contributed by atoms with van der Waals surface area (Å²) < 4.78 is 0. The van der Waals surface area contributed by atoms with E-state index in [0.29, 0.717) is 11.3 Å². The number of nitrogens with one attached hydrogen (secondary N) is 1. The molecule has 21 heavy (non-hydrogen) atoms. The number of anilines is 1. The van der Waals surface area contributed by atoms with Gasteiger partial charge in [0.1, 0.15) is 5.75 Å². The summed E-state index contributed by atoms with van der Waals surface area (Å²) in [5.41, 5.74) is 3.18. The minimum atomic E-state index is -0.227. The number of hydrogen-bond donors (Lipinski definition) is 2. The quantitative estimate of drug-likeness (QED) is 0.809. The molecule has 0 radical (unpaired) electrons. The van der Waals surface area contributed by atoms with Gasteiger partial charge in [0.25, 0.3) is 5.91 Å². The fraction of sp³-hybridized carbons (Fsp3) is 0.278. The first kappa shape index (κ1) is 15.1. The molecule has 0 heterocycles. The number of carbonyl (C=O) groups excluding carboxylic acids is 1. The molecule has 0 aromatic heterocycles. The fourth-order valence-corrected chi connectivity index (χ4v) is 2.06. The van der Waals surface area contributed by atoms with Crippen LogP contribution in [0, 0.1) is 6.92 Å². The zero-order chi connectivity index (χ0) is 15.6. The number of aromatic hydroxyl groups is 1. The molecule has 2 aromatic carbocycles. The Kier molecular flexibility index (Phi) is 4.03. The van der Waals surface area contributed by atoms with Gasteiger partial charge in [-0.1, -0.05) is 39.0 Å². The molecule has 3 heteroatoms. The number of aryl methyl sites for hydroxylation is 1. The second-order valence-electron chi connectivity index (χ2n) is 6.30. The summed E-state index contributed by atoms with van der Waals surface area (Å²) in [4.78, 5) is 12.2. The summed E-state index contributed by atoms with van der Waals surface area (Å²) >= 11 is 0. The molecule has 2 aromatic rings. The van der Waals surface area contributed by atoms with Crippen LogP contribution in [0.5, 0.6) is 5.75 Å². The van der Waals surface area contributed by atoms with E-state index in [4.69, 9.17) is 0 Å². The van der Waals surface area contributed by atoms with Crippen molar-refractivity contribution in [1.29, 1.82) is 0 Å². The van der Waals surface area contributed by atoms with E-state index < -0.39 is 0 Å². The van der Waals surface area contributed by atoms with E-state index in [-0.39, 0.29) is 17.1 Å². The minimum Gasteiger partial charge on any atom is -0.506 e. The van der Waals surface area contributed by atoms with Crippen LogP contribution in [0.1, 0.15) is 42.3 Å². The predicted octanol–water partition coefficient (Wildman–Crippen LogP) is 4.25. The number of amides is 1. The van der Waals surface area contributed by atoms with Crippen molar-refractivity contribution in [3.8, 4) is 5.75 Å². The van der Waals surface area contributed by atoms with Gasteiger partial charge in [-0.05, 0) is 47.7 Å². The van der Waals surface area contributed by atoms with Crippen LogP contribution in [0.3, 0.4) is 0 Å². The van der Waals surface area contributed by atoms with Crippen molar-refractivity contribution in [2.75, 3.05) is 5.32 Å². The van der Waals surface area contributed by atoms with Crippen molar-refractivity contribution in [3.63, 3.8) is 0 Å². The molecule has 0 atom stereocenters. The molecule has 0 bridgehead atoms. The lowest BCUT2D eigenvalue weighted by Gasteiger charge is -2.19. The topological polar surface area (TPSA) is 49.3 Å². The number of phenolic OH excluding ortho intramolecular Hbond substituents is 1. The third-order valence-electron chi connectivity index (χ3n) is 3.41. The van der Waals surface area contributed by atoms with Gasteiger partial charge in [0.2, 0.25) is 0 Å². The van der Waals surface area contributed by atoms with E-state index in [9.17, 15) is 9.90 Å². The Morgan fingerprint density at radius 2 is 1.67 bits per heavy atom. The van der Waals surface area contributed by atoms with Crippen LogP contribution < -0.4 is 5.32 Å². The zero-order valence-corrected chi connectivity index (χ0v) is 12.9. The molecule has 2 rings (SSSR count). The van der Waals surface area contributed by atoms with Crippen LogP contribution in [-0.2, 0) is 5.41 Å². The summed E-state index contributed by atoms with van der Waals surface area (Å²) in [6, 6.07) is 12.7. The van der Waals surface area contributed by atoms with Crippen molar-refractivity contribution >= 4 is 11.6 Å². The number of hydrogen-bond acceptors (Lipinski definition) is 2. The number of rotatable bonds is 2. The predicted molar refractivity (Wildman–Crippen MR) is 85.9 cm³/mol. The molecule has 110 valence electrons. The summed E-state index contributed by atoms with van der Waals surface area (Å²) in [7, 11) is 0. The molecule has 0 aliphatic heterocycles. The second kappa shape index (κ2) is 5.60. The van der Waals surface area contributed by atoms with Crippen LogP contribution >= 0.6 is 0 Å². The third kappa shape index (κ3) is 3.63. The third-order valence-corrected chi connectivity index (χ3v) is 3.41. The first-order valence-corrected chi connectivity index (χ1v) is 6.99. The van der Waals surface area contributed by atoms with Crippen molar-refractivity contribution in [3.05, 3.63) is 59.2 Å². The van der Waals surface area contributed by atoms with Gasteiger partial charge in [0.05, 0.1) is 5.69 Å². The molecule has 0 aliphatic rings. The Hall–Kier alpha value is -2.29. The molecule has 2 N–H and O–H groups in total. The van der Waals surface area contributed by atoms with Crippen LogP contribution in [0.4, 0.5) is 5.69 Å². The van der Waals surface area contributed by atoms with Gasteiger partial charge in [-0.25, -0.2) is 0 Å². The van der Waals surface area contributed by atoms with Gasteiger partial charge in [0.15, 0.2) is 0 Å². The molecule has 1 amide bonds. The van der Waals surface area contributed by atoms with Gasteiger partial charge in [-0.3, -0.25) is 4.79 Å². The van der Waals surface area contributed by atoms with Gasteiger partial charge >= 0.3 is 0 Å². The molecule has 0 saturated carbocycles. The van der Waals surface area contributed by atoms with Crippen LogP contribution in [0.15, 0.2) is 42.5 Å². The van der Waals surface area contributed by atoms with Crippen molar-refractivity contribution in [2.45, 2.75) is 33.1 Å². The first-order valence-electron chi connectivity index (χ1n) is 6.99. The number of carbonyl (C=O) groups is 1. The average Bonchev–Trinajstić information content (AvgIpc) is 2.41. The Bertz CT molecular complexity index is 652. The highest BCUT2D eigenvalue weighted by Gasteiger charge is 2.14. The summed E-state index contributed by atoms with van der Waals surface area (Å²) in [6.07, 6.45) is 0. The Labute approximate surface area is 125 Å². The highest BCUT2D eigenvalue weighted by atomic mass is 16.3. The van der Waals surface area contributed by atoms with Crippen LogP contribution in [0.2, 0.25) is 0 Å². The fourth-order valence-electron chi connectivity index (χ4n) is 2.06. The molecule has 0 unspecified atom stereocenters. The smallest absolute Gasteiger partial charge is 0.255 e. The monoisotopic (exact) mass is 283 g/mol. The standard InChI is InChI=1S/C18H21NO2/c1-12-5-10-15(16(20)11-12)19-17(21)13-6-8-14(9-7-13)18(2,3)4/h5-11,20H,1-4H3,(H,19,21). The first-order chi connectivity index (χ1) is 9.77. The Morgan fingerprint density at radius 3 is 2.19 bits per heavy atom. The van der Waals surface area contributed by atoms with Crippen molar-refractivity contribution < 1.29 is 9.90 Å². The van der Waals surface area contributed by atoms with Gasteiger partial charge in [-0.15, -0.1) is 0 Å². The lowest BCUT2D eigenvalue weighted by molar-refractivity contribution is 0.102. The molecule has 0 saturated heterocycles. The molecule has 0 fully saturated rings. The van der Waals surface area contributed by atoms with E-state index in [1.165, 1.54) is 5.56 Å². The van der Waals surface area contributed by atoms with Gasteiger partial charge < -0.3 is 10.4 Å². The largest absolute Gasteiger partial charge is 0.506 e. The molecular weight excluding hydrogens is 262 g/mol. The SMILES string of the molecule is Cc1ccc(NC(=O)c2ccc(C(C)(C)C)cc2)c(O)c1. The van der Waals surface area contributed by atoms with Crippen LogP contribution in [0.25, 0.3) is 0 Å². The average molecular weight is 283 g/mol. The molecular formula is C18H21NO2. The lowest BCUT2D eigenvalue weighted by atomic mass is 9.87. The summed E-state index contributed by atoms with van der Waals surface area (Å²) in [6.45, 7) is 8.28. The molecule has 0 aliphatic carbocycles. The maximum absolute atomic E-state index is 12.2. The van der Waals surface area contributed by atoms with Crippen LogP contribution in [-0.4, -0.2) is 11.0 Å². The lowest BCUT2D eigenvalue weighted by Crippen LogP contribution is -2.14. The maximum Gasteiger partial charge on any atom is 0.255 e. The molecule has 0 spiro atoms. The van der Waals surface area contributed by atoms with E-state index in [2.05, 4.69) is 26.1 Å². The number of benzene rings is 2. The van der Waals surface area contributed by atoms with E-state index in [0.717, 1.165) is 5.56 Å². The zero-order valence-electron chi connectivity index (χ0n) is 12.9. The van der Waals surface area contributed by atoms with E-state index in [1.54, 1.807) is 24.3 Å². The Morgan fingerprint density at radius 1 is 1.05 bits per heavy atom. The maximum atomic E-state index is 12.2. The summed E-state index contributed by atoms with van der Waals surface area (Å²) in [5, 5.41) is 12.5.